The molecule has 1 saturated heterocycles. The van der Waals surface area contributed by atoms with Gasteiger partial charge in [-0.3, -0.25) is 15.2 Å². The van der Waals surface area contributed by atoms with Crippen molar-refractivity contribution in [3.63, 3.8) is 0 Å². The molecule has 0 spiro atoms. The minimum Gasteiger partial charge on any atom is -0.371 e. The highest BCUT2D eigenvalue weighted by Crippen LogP contribution is 2.40. The summed E-state index contributed by atoms with van der Waals surface area (Å²) in [5.41, 5.74) is -1.40. The predicted molar refractivity (Wildman–Crippen MR) is 111 cm³/mol. The molecule has 0 saturated carbocycles. The molecule has 1 aromatic heterocycles. The summed E-state index contributed by atoms with van der Waals surface area (Å²) in [6.07, 6.45) is -8.20. The molecule has 0 unspecified atom stereocenters. The number of halogens is 6. The summed E-state index contributed by atoms with van der Waals surface area (Å²) in [5, 5.41) is 17.9. The maximum absolute atomic E-state index is 13.3. The molecular weight excluding hydrogens is 466 g/mol. The molecule has 1 fully saturated rings. The van der Waals surface area contributed by atoms with Crippen LogP contribution in [0.5, 0.6) is 0 Å². The van der Waals surface area contributed by atoms with E-state index >= 15 is 0 Å². The molecule has 2 aromatic carbocycles. The molecule has 180 valence electrons. The van der Waals surface area contributed by atoms with Gasteiger partial charge in [0.25, 0.3) is 5.69 Å². The van der Waals surface area contributed by atoms with Crippen LogP contribution in [-0.4, -0.2) is 28.2 Å². The molecule has 1 aliphatic rings. The SMILES string of the molecule is O=[N+]([O-])c1ccc(N2CCC(c3cc(-c4cccc(C(F)(F)F)c4)n[nH]3)CC2)cc1C(F)(F)F. The number of hydrogen-bond donors (Lipinski definition) is 1. The average molecular weight is 484 g/mol. The zero-order valence-electron chi connectivity index (χ0n) is 17.5. The van der Waals surface area contributed by atoms with Crippen molar-refractivity contribution in [1.29, 1.82) is 0 Å². The third-order valence-corrected chi connectivity index (χ3v) is 5.87. The van der Waals surface area contributed by atoms with Gasteiger partial charge in [-0.25, -0.2) is 0 Å². The van der Waals surface area contributed by atoms with E-state index in [0.717, 1.165) is 30.0 Å². The summed E-state index contributed by atoms with van der Waals surface area (Å²) < 4.78 is 78.8. The largest absolute Gasteiger partial charge is 0.423 e. The number of piperidine rings is 1. The normalized spacial score (nSPS) is 15.5. The van der Waals surface area contributed by atoms with Gasteiger partial charge in [-0.1, -0.05) is 12.1 Å². The third-order valence-electron chi connectivity index (χ3n) is 5.87. The van der Waals surface area contributed by atoms with Crippen molar-refractivity contribution in [3.05, 3.63) is 75.5 Å². The zero-order chi connectivity index (χ0) is 24.7. The fourth-order valence-corrected chi connectivity index (χ4v) is 4.10. The molecule has 1 aliphatic heterocycles. The number of benzene rings is 2. The Morgan fingerprint density at radius 3 is 2.29 bits per heavy atom. The lowest BCUT2D eigenvalue weighted by Gasteiger charge is -2.33. The van der Waals surface area contributed by atoms with E-state index in [2.05, 4.69) is 10.2 Å². The molecule has 4 rings (SSSR count). The number of aromatic amines is 1. The minimum absolute atomic E-state index is 0.0107. The number of alkyl halides is 6. The summed E-state index contributed by atoms with van der Waals surface area (Å²) in [6.45, 7) is 0.801. The fourth-order valence-electron chi connectivity index (χ4n) is 4.10. The molecule has 12 heteroatoms. The highest BCUT2D eigenvalue weighted by atomic mass is 19.4. The maximum Gasteiger partial charge on any atom is 0.423 e. The molecule has 0 bridgehead atoms. The second kappa shape index (κ2) is 8.65. The van der Waals surface area contributed by atoms with E-state index in [1.54, 1.807) is 11.0 Å². The van der Waals surface area contributed by atoms with E-state index in [9.17, 15) is 36.5 Å². The summed E-state index contributed by atoms with van der Waals surface area (Å²) in [6, 6.07) is 9.49. The van der Waals surface area contributed by atoms with Crippen LogP contribution in [0, 0.1) is 10.1 Å². The molecule has 0 aliphatic carbocycles. The van der Waals surface area contributed by atoms with Gasteiger partial charge in [0.1, 0.15) is 5.56 Å². The molecule has 0 atom stereocenters. The van der Waals surface area contributed by atoms with Crippen molar-refractivity contribution in [2.75, 3.05) is 18.0 Å². The molecule has 0 radical (unpaired) electrons. The number of nitro groups is 1. The number of nitrogens with zero attached hydrogens (tertiary/aromatic N) is 3. The quantitative estimate of drug-likeness (QED) is 0.264. The van der Waals surface area contributed by atoms with Crippen LogP contribution in [0.25, 0.3) is 11.3 Å². The van der Waals surface area contributed by atoms with Gasteiger partial charge >= 0.3 is 12.4 Å². The van der Waals surface area contributed by atoms with Crippen molar-refractivity contribution in [2.24, 2.45) is 0 Å². The fraction of sp³-hybridized carbons (Fsp3) is 0.318. The van der Waals surface area contributed by atoms with Gasteiger partial charge in [-0.15, -0.1) is 0 Å². The van der Waals surface area contributed by atoms with Gasteiger partial charge in [0, 0.05) is 42.0 Å². The smallest absolute Gasteiger partial charge is 0.371 e. The van der Waals surface area contributed by atoms with Crippen molar-refractivity contribution in [2.45, 2.75) is 31.1 Å². The van der Waals surface area contributed by atoms with Gasteiger partial charge < -0.3 is 4.90 Å². The molecule has 6 nitrogen and oxygen atoms in total. The molecule has 0 amide bonds. The van der Waals surface area contributed by atoms with Crippen LogP contribution in [0.1, 0.15) is 35.6 Å². The highest BCUT2D eigenvalue weighted by molar-refractivity contribution is 5.61. The van der Waals surface area contributed by atoms with Crippen molar-refractivity contribution >= 4 is 11.4 Å². The number of rotatable bonds is 4. The first-order chi connectivity index (χ1) is 15.9. The van der Waals surface area contributed by atoms with Gasteiger partial charge in [0.05, 0.1) is 16.2 Å². The van der Waals surface area contributed by atoms with Gasteiger partial charge in [-0.05, 0) is 43.2 Å². The summed E-state index contributed by atoms with van der Waals surface area (Å²) in [4.78, 5) is 11.6. The van der Waals surface area contributed by atoms with Crippen LogP contribution in [0.15, 0.2) is 48.5 Å². The first-order valence-corrected chi connectivity index (χ1v) is 10.3. The highest BCUT2D eigenvalue weighted by Gasteiger charge is 2.39. The Hall–Kier alpha value is -3.57. The van der Waals surface area contributed by atoms with Gasteiger partial charge in [-0.2, -0.15) is 31.4 Å². The van der Waals surface area contributed by atoms with E-state index in [1.807, 2.05) is 0 Å². The van der Waals surface area contributed by atoms with Gasteiger partial charge in [0.15, 0.2) is 0 Å². The minimum atomic E-state index is -4.85. The van der Waals surface area contributed by atoms with Crippen molar-refractivity contribution in [1.82, 2.24) is 10.2 Å². The Morgan fingerprint density at radius 2 is 1.68 bits per heavy atom. The molecule has 3 aromatic rings. The molecule has 34 heavy (non-hydrogen) atoms. The van der Waals surface area contributed by atoms with Crippen LogP contribution >= 0.6 is 0 Å². The number of hydrogen-bond acceptors (Lipinski definition) is 4. The van der Waals surface area contributed by atoms with E-state index in [-0.39, 0.29) is 11.6 Å². The number of aromatic nitrogens is 2. The Kier molecular flexibility index (Phi) is 6.00. The first kappa shape index (κ1) is 23.6. The topological polar surface area (TPSA) is 75.1 Å². The van der Waals surface area contributed by atoms with Crippen LogP contribution < -0.4 is 4.90 Å². The average Bonchev–Trinajstić information content (AvgIpc) is 3.28. The third kappa shape index (κ3) is 4.85. The van der Waals surface area contributed by atoms with Crippen LogP contribution in [0.4, 0.5) is 37.7 Å². The Labute approximate surface area is 189 Å². The Balaban J connectivity index is 1.47. The standard InChI is InChI=1S/C22H18F6N4O2/c23-21(24,25)15-3-1-2-14(10-15)19-12-18(29-30-19)13-6-8-31(9-7-13)16-4-5-20(32(33)34)17(11-16)22(26,27)28/h1-5,10-13H,6-9H2,(H,29,30). The lowest BCUT2D eigenvalue weighted by Crippen LogP contribution is -2.33. The zero-order valence-corrected chi connectivity index (χ0v) is 17.5. The molecule has 2 heterocycles. The van der Waals surface area contributed by atoms with Crippen LogP contribution in [0.3, 0.4) is 0 Å². The van der Waals surface area contributed by atoms with E-state index in [0.29, 0.717) is 37.2 Å². The van der Waals surface area contributed by atoms with E-state index < -0.39 is 34.1 Å². The van der Waals surface area contributed by atoms with Crippen molar-refractivity contribution in [3.8, 4) is 11.3 Å². The van der Waals surface area contributed by atoms with Gasteiger partial charge in [0.2, 0.25) is 0 Å². The summed E-state index contributed by atoms with van der Waals surface area (Å²) in [5.74, 6) is -0.0107. The molecular formula is C22H18F6N4O2. The van der Waals surface area contributed by atoms with E-state index in [1.165, 1.54) is 18.2 Å². The Bertz CT molecular complexity index is 1200. The molecule has 1 N–H and O–H groups in total. The van der Waals surface area contributed by atoms with Crippen LogP contribution in [-0.2, 0) is 12.4 Å². The number of H-pyrrole nitrogens is 1. The first-order valence-electron chi connectivity index (χ1n) is 10.3. The number of anilines is 1. The monoisotopic (exact) mass is 484 g/mol. The lowest BCUT2D eigenvalue weighted by atomic mass is 9.92. The van der Waals surface area contributed by atoms with Crippen molar-refractivity contribution < 1.29 is 31.3 Å². The van der Waals surface area contributed by atoms with Crippen LogP contribution in [0.2, 0.25) is 0 Å². The second-order valence-corrected chi connectivity index (χ2v) is 8.00. The summed E-state index contributed by atoms with van der Waals surface area (Å²) >= 11 is 0. The summed E-state index contributed by atoms with van der Waals surface area (Å²) in [7, 11) is 0. The lowest BCUT2D eigenvalue weighted by molar-refractivity contribution is -0.388. The maximum atomic E-state index is 13.3. The number of nitro benzene ring substituents is 1. The number of nitrogens with one attached hydrogen (secondary N) is 1. The predicted octanol–water partition coefficient (Wildman–Crippen LogP) is 6.41. The van der Waals surface area contributed by atoms with E-state index in [4.69, 9.17) is 0 Å². The Morgan fingerprint density at radius 1 is 0.971 bits per heavy atom. The second-order valence-electron chi connectivity index (χ2n) is 8.00.